The van der Waals surface area contributed by atoms with Crippen LogP contribution in [0.25, 0.3) is 17.3 Å². The Labute approximate surface area is 190 Å². The van der Waals surface area contributed by atoms with Gasteiger partial charge in [-0.25, -0.2) is 0 Å². The number of aryl methyl sites for hydroxylation is 2. The van der Waals surface area contributed by atoms with E-state index in [-0.39, 0.29) is 0 Å². The van der Waals surface area contributed by atoms with Crippen LogP contribution < -0.4 is 16.0 Å². The van der Waals surface area contributed by atoms with Crippen LogP contribution in [0.4, 0.5) is 17.2 Å². The Balaban J connectivity index is 1.40. The van der Waals surface area contributed by atoms with Crippen molar-refractivity contribution in [2.75, 3.05) is 17.2 Å². The first-order valence-corrected chi connectivity index (χ1v) is 11.2. The molecule has 6 heteroatoms. The molecule has 1 aliphatic rings. The molecule has 3 aromatic rings. The van der Waals surface area contributed by atoms with Crippen molar-refractivity contribution in [3.63, 3.8) is 0 Å². The molecule has 0 saturated carbocycles. The number of hydrogen-bond donors (Lipinski definition) is 4. The standard InChI is InChI=1S/C26H32N6/c1-4-27-15-8-7-10-19(2)29-20-11-9-12-21(16-20)30-26-17-25(32(3)31-26)23-18-28-24-14-6-5-13-22(23)24/h4-5,9,11-13,16-18,27-29H,1-2,6-8,10,14-15H2,3H3,(H,30,31). The van der Waals surface area contributed by atoms with Gasteiger partial charge in [0.25, 0.3) is 0 Å². The highest BCUT2D eigenvalue weighted by Gasteiger charge is 2.16. The van der Waals surface area contributed by atoms with E-state index in [1.165, 1.54) is 16.8 Å². The molecule has 0 saturated heterocycles. The van der Waals surface area contributed by atoms with Gasteiger partial charge in [0.1, 0.15) is 0 Å². The van der Waals surface area contributed by atoms with Crippen LogP contribution in [0, 0.1) is 0 Å². The number of H-pyrrole nitrogens is 1. The summed E-state index contributed by atoms with van der Waals surface area (Å²) < 4.78 is 1.93. The lowest BCUT2D eigenvalue weighted by atomic mass is 10.0. The van der Waals surface area contributed by atoms with Crippen LogP contribution in [0.5, 0.6) is 0 Å². The van der Waals surface area contributed by atoms with Gasteiger partial charge in [-0.1, -0.05) is 31.4 Å². The van der Waals surface area contributed by atoms with Crippen molar-refractivity contribution < 1.29 is 0 Å². The minimum Gasteiger partial charge on any atom is -0.391 e. The maximum atomic E-state index is 4.68. The third-order valence-corrected chi connectivity index (χ3v) is 5.66. The second-order valence-electron chi connectivity index (χ2n) is 8.12. The van der Waals surface area contributed by atoms with Gasteiger partial charge in [0.15, 0.2) is 5.82 Å². The molecule has 1 aliphatic carbocycles. The van der Waals surface area contributed by atoms with Crippen molar-refractivity contribution in [3.05, 3.63) is 78.9 Å². The van der Waals surface area contributed by atoms with E-state index in [2.05, 4.69) is 75.7 Å². The number of aromatic nitrogens is 3. The molecule has 166 valence electrons. The van der Waals surface area contributed by atoms with Crippen LogP contribution in [0.3, 0.4) is 0 Å². The van der Waals surface area contributed by atoms with Crippen molar-refractivity contribution in [2.45, 2.75) is 32.1 Å². The largest absolute Gasteiger partial charge is 0.391 e. The molecular weight excluding hydrogens is 396 g/mol. The van der Waals surface area contributed by atoms with Gasteiger partial charge in [0.2, 0.25) is 0 Å². The minimum atomic E-state index is 0.822. The summed E-state index contributed by atoms with van der Waals surface area (Å²) in [6, 6.07) is 10.3. The summed E-state index contributed by atoms with van der Waals surface area (Å²) in [4.78, 5) is 3.42. The fourth-order valence-electron chi connectivity index (χ4n) is 4.05. The van der Waals surface area contributed by atoms with E-state index in [1.54, 1.807) is 6.20 Å². The van der Waals surface area contributed by atoms with Crippen molar-refractivity contribution in [2.24, 2.45) is 7.05 Å². The number of hydrogen-bond acceptors (Lipinski definition) is 4. The number of allylic oxidation sites excluding steroid dienone is 2. The molecule has 32 heavy (non-hydrogen) atoms. The monoisotopic (exact) mass is 428 g/mol. The molecule has 2 aromatic heterocycles. The SMILES string of the molecule is C=CNCCCCC(=C)Nc1cccc(Nc2cc(-c3c[nH]c4c3C=CCC4)n(C)n2)c1. The van der Waals surface area contributed by atoms with Crippen molar-refractivity contribution in [1.82, 2.24) is 20.1 Å². The molecular formula is C26H32N6. The van der Waals surface area contributed by atoms with E-state index < -0.39 is 0 Å². The van der Waals surface area contributed by atoms with Crippen LogP contribution in [0.2, 0.25) is 0 Å². The van der Waals surface area contributed by atoms with Crippen LogP contribution in [-0.2, 0) is 13.5 Å². The zero-order valence-electron chi connectivity index (χ0n) is 18.7. The van der Waals surface area contributed by atoms with Crippen molar-refractivity contribution in [1.29, 1.82) is 0 Å². The number of rotatable bonds is 11. The first-order chi connectivity index (χ1) is 15.6. The van der Waals surface area contributed by atoms with Gasteiger partial charge in [0.05, 0.1) is 5.69 Å². The quantitative estimate of drug-likeness (QED) is 0.285. The van der Waals surface area contributed by atoms with Gasteiger partial charge in [-0.3, -0.25) is 4.68 Å². The lowest BCUT2D eigenvalue weighted by Crippen LogP contribution is -2.06. The summed E-state index contributed by atoms with van der Waals surface area (Å²) in [7, 11) is 1.99. The number of nitrogens with one attached hydrogen (secondary N) is 4. The van der Waals surface area contributed by atoms with Gasteiger partial charge in [-0.2, -0.15) is 5.10 Å². The van der Waals surface area contributed by atoms with E-state index in [4.69, 9.17) is 0 Å². The molecule has 4 rings (SSSR count). The lowest BCUT2D eigenvalue weighted by molar-refractivity contribution is 0.694. The second-order valence-corrected chi connectivity index (χ2v) is 8.12. The smallest absolute Gasteiger partial charge is 0.153 e. The molecule has 0 atom stereocenters. The minimum absolute atomic E-state index is 0.822. The Morgan fingerprint density at radius 3 is 3.00 bits per heavy atom. The Hall–Kier alpha value is -3.67. The maximum absolute atomic E-state index is 4.68. The zero-order chi connectivity index (χ0) is 22.3. The average molecular weight is 429 g/mol. The molecule has 0 fully saturated rings. The maximum Gasteiger partial charge on any atom is 0.153 e. The third kappa shape index (κ3) is 5.14. The fraction of sp³-hybridized carbons (Fsp3) is 0.269. The van der Waals surface area contributed by atoms with Crippen LogP contribution >= 0.6 is 0 Å². The highest BCUT2D eigenvalue weighted by atomic mass is 15.3. The number of aromatic amines is 1. The third-order valence-electron chi connectivity index (χ3n) is 5.66. The highest BCUT2D eigenvalue weighted by Crippen LogP contribution is 2.32. The van der Waals surface area contributed by atoms with Crippen LogP contribution in [0.1, 0.15) is 36.9 Å². The Bertz CT molecular complexity index is 1120. The van der Waals surface area contributed by atoms with Crippen LogP contribution in [0.15, 0.2) is 67.7 Å². The number of fused-ring (bicyclic) bond motifs is 1. The van der Waals surface area contributed by atoms with E-state index in [1.807, 2.05) is 23.9 Å². The Morgan fingerprint density at radius 2 is 2.12 bits per heavy atom. The zero-order valence-corrected chi connectivity index (χ0v) is 18.7. The van der Waals surface area contributed by atoms with E-state index >= 15 is 0 Å². The second kappa shape index (κ2) is 10.1. The van der Waals surface area contributed by atoms with E-state index in [0.717, 1.165) is 67.2 Å². The predicted molar refractivity (Wildman–Crippen MR) is 135 cm³/mol. The van der Waals surface area contributed by atoms with Gasteiger partial charge in [0, 0.05) is 59.7 Å². The number of anilines is 3. The molecule has 2 heterocycles. The molecule has 4 N–H and O–H groups in total. The molecule has 0 spiro atoms. The highest BCUT2D eigenvalue weighted by molar-refractivity contribution is 5.77. The molecule has 0 unspecified atom stereocenters. The average Bonchev–Trinajstić information content (AvgIpc) is 3.36. The lowest BCUT2D eigenvalue weighted by Gasteiger charge is -2.11. The summed E-state index contributed by atoms with van der Waals surface area (Å²) in [5.74, 6) is 0.822. The predicted octanol–water partition coefficient (Wildman–Crippen LogP) is 5.95. The van der Waals surface area contributed by atoms with Crippen molar-refractivity contribution in [3.8, 4) is 11.3 Å². The van der Waals surface area contributed by atoms with Gasteiger partial charge >= 0.3 is 0 Å². The first-order valence-electron chi connectivity index (χ1n) is 11.2. The topological polar surface area (TPSA) is 69.7 Å². The normalized spacial score (nSPS) is 12.3. The number of benzene rings is 1. The molecule has 1 aromatic carbocycles. The molecule has 6 nitrogen and oxygen atoms in total. The summed E-state index contributed by atoms with van der Waals surface area (Å²) in [5.41, 5.74) is 7.87. The summed E-state index contributed by atoms with van der Waals surface area (Å²) in [6.07, 6.45) is 13.5. The van der Waals surface area contributed by atoms with Gasteiger partial charge in [-0.15, -0.1) is 0 Å². The first kappa shape index (κ1) is 21.6. The summed E-state index contributed by atoms with van der Waals surface area (Å²) in [6.45, 7) is 8.78. The molecule has 0 aliphatic heterocycles. The number of nitrogens with zero attached hydrogens (tertiary/aromatic N) is 2. The Kier molecular flexibility index (Phi) is 6.80. The molecule has 0 bridgehead atoms. The Morgan fingerprint density at radius 1 is 1.25 bits per heavy atom. The van der Waals surface area contributed by atoms with Crippen molar-refractivity contribution >= 4 is 23.3 Å². The van der Waals surface area contributed by atoms with Gasteiger partial charge < -0.3 is 20.9 Å². The summed E-state index contributed by atoms with van der Waals surface area (Å²) >= 11 is 0. The molecule has 0 radical (unpaired) electrons. The number of unbranched alkanes of at least 4 members (excludes halogenated alkanes) is 1. The van der Waals surface area contributed by atoms with E-state index in [0.29, 0.717) is 0 Å². The fourth-order valence-corrected chi connectivity index (χ4v) is 4.05. The summed E-state index contributed by atoms with van der Waals surface area (Å²) in [5, 5.41) is 14.7. The van der Waals surface area contributed by atoms with Gasteiger partial charge in [-0.05, 0) is 56.5 Å². The van der Waals surface area contributed by atoms with Crippen LogP contribution in [-0.4, -0.2) is 21.3 Å². The van der Waals surface area contributed by atoms with E-state index in [9.17, 15) is 0 Å². The molecule has 0 amide bonds.